The maximum Gasteiger partial charge on any atom is 0.0512 e. The lowest BCUT2D eigenvalue weighted by molar-refractivity contribution is 0.180. The van der Waals surface area contributed by atoms with Crippen LogP contribution >= 0.6 is 0 Å². The number of hydrogen-bond donors (Lipinski definition) is 1. The molecule has 0 amide bonds. The molecule has 82 valence electrons. The van der Waals surface area contributed by atoms with E-state index in [2.05, 4.69) is 31.2 Å². The van der Waals surface area contributed by atoms with Gasteiger partial charge in [0.15, 0.2) is 0 Å². The lowest BCUT2D eigenvalue weighted by atomic mass is 10.1. The first kappa shape index (κ1) is 13.4. The fourth-order valence-corrected chi connectivity index (χ4v) is 1.27. The molecule has 0 saturated heterocycles. The molecule has 0 aromatic heterocycles. The van der Waals surface area contributed by atoms with Crippen molar-refractivity contribution in [2.45, 2.75) is 58.5 Å². The predicted molar refractivity (Wildman–Crippen MR) is 63.3 cm³/mol. The molecule has 0 rings (SSSR count). The van der Waals surface area contributed by atoms with Crippen molar-refractivity contribution in [2.24, 2.45) is 0 Å². The van der Waals surface area contributed by atoms with Gasteiger partial charge in [0, 0.05) is 0 Å². The number of aliphatic hydroxyl groups excluding tert-OH is 1. The van der Waals surface area contributed by atoms with Crippen LogP contribution in [-0.2, 0) is 0 Å². The van der Waals surface area contributed by atoms with E-state index in [1.54, 1.807) is 0 Å². The van der Waals surface area contributed by atoms with Gasteiger partial charge in [-0.2, -0.15) is 0 Å². The van der Waals surface area contributed by atoms with E-state index in [-0.39, 0.29) is 6.10 Å². The van der Waals surface area contributed by atoms with Crippen LogP contribution in [0.2, 0.25) is 0 Å². The van der Waals surface area contributed by atoms with E-state index in [4.69, 9.17) is 5.11 Å². The quantitative estimate of drug-likeness (QED) is 0.462. The van der Waals surface area contributed by atoms with Crippen molar-refractivity contribution in [3.63, 3.8) is 0 Å². The van der Waals surface area contributed by atoms with Crippen LogP contribution in [0.4, 0.5) is 0 Å². The van der Waals surface area contributed by atoms with Crippen LogP contribution in [0, 0.1) is 0 Å². The summed E-state index contributed by atoms with van der Waals surface area (Å²) < 4.78 is 0. The van der Waals surface area contributed by atoms with E-state index in [1.165, 1.54) is 12.8 Å². The van der Waals surface area contributed by atoms with E-state index in [0.717, 1.165) is 25.7 Å². The molecule has 0 aromatic carbocycles. The molecule has 0 aliphatic carbocycles. The molecule has 0 aromatic rings. The number of allylic oxidation sites excluding steroid dienone is 4. The van der Waals surface area contributed by atoms with Crippen LogP contribution < -0.4 is 0 Å². The molecule has 14 heavy (non-hydrogen) atoms. The maximum atomic E-state index is 9.03. The highest BCUT2D eigenvalue weighted by molar-refractivity contribution is 5.01. The van der Waals surface area contributed by atoms with Gasteiger partial charge in [0.2, 0.25) is 0 Å². The highest BCUT2D eigenvalue weighted by Crippen LogP contribution is 2.05. The zero-order valence-electron chi connectivity index (χ0n) is 9.58. The minimum Gasteiger partial charge on any atom is -0.393 e. The first-order valence-corrected chi connectivity index (χ1v) is 5.77. The van der Waals surface area contributed by atoms with Gasteiger partial charge in [-0.15, -0.1) is 0 Å². The van der Waals surface area contributed by atoms with Crippen molar-refractivity contribution >= 4 is 0 Å². The second-order valence-corrected chi connectivity index (χ2v) is 3.75. The van der Waals surface area contributed by atoms with Crippen molar-refractivity contribution in [1.82, 2.24) is 0 Å². The largest absolute Gasteiger partial charge is 0.393 e. The average molecular weight is 196 g/mol. The Morgan fingerprint density at radius 2 is 1.79 bits per heavy atom. The summed E-state index contributed by atoms with van der Waals surface area (Å²) in [5.41, 5.74) is 0. The second-order valence-electron chi connectivity index (χ2n) is 3.75. The van der Waals surface area contributed by atoms with Gasteiger partial charge in [-0.25, -0.2) is 0 Å². The monoisotopic (exact) mass is 196 g/mol. The van der Waals surface area contributed by atoms with Crippen molar-refractivity contribution in [1.29, 1.82) is 0 Å². The first-order chi connectivity index (χ1) is 6.77. The topological polar surface area (TPSA) is 20.2 Å². The standard InChI is InChI=1S/C13H24O/c1-3-4-5-6-7-8-9-10-11-12-13(2)14/h4-7,13-14H,3,8-12H2,1-2H3/b5-4+,7-6+/t13-/m0/s1. The molecular formula is C13H24O. The number of rotatable bonds is 8. The lowest BCUT2D eigenvalue weighted by Crippen LogP contribution is -1.97. The molecular weight excluding hydrogens is 172 g/mol. The molecule has 0 heterocycles. The van der Waals surface area contributed by atoms with Crippen LogP contribution in [0.3, 0.4) is 0 Å². The normalized spacial score (nSPS) is 14.2. The second kappa shape index (κ2) is 10.5. The highest BCUT2D eigenvalue weighted by Gasteiger charge is 1.93. The van der Waals surface area contributed by atoms with Crippen molar-refractivity contribution in [2.75, 3.05) is 0 Å². The zero-order valence-corrected chi connectivity index (χ0v) is 9.58. The van der Waals surface area contributed by atoms with Gasteiger partial charge in [0.05, 0.1) is 6.10 Å². The number of aliphatic hydroxyl groups is 1. The van der Waals surface area contributed by atoms with Crippen LogP contribution in [-0.4, -0.2) is 11.2 Å². The van der Waals surface area contributed by atoms with Crippen LogP contribution in [0.15, 0.2) is 24.3 Å². The lowest BCUT2D eigenvalue weighted by Gasteiger charge is -2.01. The van der Waals surface area contributed by atoms with E-state index >= 15 is 0 Å². The molecule has 0 fully saturated rings. The number of unbranched alkanes of at least 4 members (excludes halogenated alkanes) is 3. The van der Waals surface area contributed by atoms with Gasteiger partial charge < -0.3 is 5.11 Å². The summed E-state index contributed by atoms with van der Waals surface area (Å²) >= 11 is 0. The Morgan fingerprint density at radius 3 is 2.43 bits per heavy atom. The third kappa shape index (κ3) is 11.4. The van der Waals surface area contributed by atoms with Crippen molar-refractivity contribution < 1.29 is 5.11 Å². The van der Waals surface area contributed by atoms with Crippen LogP contribution in [0.1, 0.15) is 52.4 Å². The molecule has 1 heteroatoms. The van der Waals surface area contributed by atoms with E-state index < -0.39 is 0 Å². The zero-order chi connectivity index (χ0) is 10.6. The van der Waals surface area contributed by atoms with E-state index in [1.807, 2.05) is 6.92 Å². The molecule has 0 aliphatic rings. The molecule has 0 aliphatic heterocycles. The molecule has 0 unspecified atom stereocenters. The minimum atomic E-state index is -0.127. The summed E-state index contributed by atoms with van der Waals surface area (Å²) in [6.45, 7) is 4.00. The minimum absolute atomic E-state index is 0.127. The van der Waals surface area contributed by atoms with Gasteiger partial charge in [0.25, 0.3) is 0 Å². The van der Waals surface area contributed by atoms with Gasteiger partial charge in [-0.05, 0) is 32.6 Å². The molecule has 0 bridgehead atoms. The fraction of sp³-hybridized carbons (Fsp3) is 0.692. The summed E-state index contributed by atoms with van der Waals surface area (Å²) in [4.78, 5) is 0. The molecule has 1 nitrogen and oxygen atoms in total. The van der Waals surface area contributed by atoms with E-state index in [0.29, 0.717) is 0 Å². The van der Waals surface area contributed by atoms with Gasteiger partial charge in [-0.1, -0.05) is 44.1 Å². The van der Waals surface area contributed by atoms with E-state index in [9.17, 15) is 0 Å². The fourth-order valence-electron chi connectivity index (χ4n) is 1.27. The molecule has 0 radical (unpaired) electrons. The van der Waals surface area contributed by atoms with Crippen molar-refractivity contribution in [3.05, 3.63) is 24.3 Å². The third-order valence-electron chi connectivity index (χ3n) is 2.11. The Morgan fingerprint density at radius 1 is 1.07 bits per heavy atom. The highest BCUT2D eigenvalue weighted by atomic mass is 16.3. The maximum absolute atomic E-state index is 9.03. The third-order valence-corrected chi connectivity index (χ3v) is 2.11. The summed E-state index contributed by atoms with van der Waals surface area (Å²) in [6, 6.07) is 0. The molecule has 0 saturated carbocycles. The summed E-state index contributed by atoms with van der Waals surface area (Å²) in [6.07, 6.45) is 15.3. The average Bonchev–Trinajstić information content (AvgIpc) is 2.15. The van der Waals surface area contributed by atoms with Crippen LogP contribution in [0.5, 0.6) is 0 Å². The summed E-state index contributed by atoms with van der Waals surface area (Å²) in [5, 5.41) is 9.03. The molecule has 1 atom stereocenters. The van der Waals surface area contributed by atoms with Crippen molar-refractivity contribution in [3.8, 4) is 0 Å². The Balaban J connectivity index is 3.13. The molecule has 1 N–H and O–H groups in total. The van der Waals surface area contributed by atoms with Crippen LogP contribution in [0.25, 0.3) is 0 Å². The SMILES string of the molecule is CC/C=C/C=C/CCCCC[C@H](C)O. The smallest absolute Gasteiger partial charge is 0.0512 e. The van der Waals surface area contributed by atoms with Gasteiger partial charge >= 0.3 is 0 Å². The summed E-state index contributed by atoms with van der Waals surface area (Å²) in [5.74, 6) is 0. The molecule has 0 spiro atoms. The van der Waals surface area contributed by atoms with Gasteiger partial charge in [-0.3, -0.25) is 0 Å². The predicted octanol–water partition coefficient (Wildman–Crippen LogP) is 3.84. The Hall–Kier alpha value is -0.560. The summed E-state index contributed by atoms with van der Waals surface area (Å²) in [7, 11) is 0. The Kier molecular flexibility index (Phi) is 10.1. The van der Waals surface area contributed by atoms with Gasteiger partial charge in [0.1, 0.15) is 0 Å². The Bertz CT molecular complexity index is 157. The Labute approximate surface area is 88.5 Å². The number of hydrogen-bond acceptors (Lipinski definition) is 1. The first-order valence-electron chi connectivity index (χ1n) is 5.77.